The predicted molar refractivity (Wildman–Crippen MR) is 189 cm³/mol. The molecule has 12 heteroatoms. The number of ether oxygens (including phenoxy) is 5. The Morgan fingerprint density at radius 1 is 0.827 bits per heavy atom. The van der Waals surface area contributed by atoms with E-state index in [4.69, 9.17) is 23.7 Å². The Morgan fingerprint density at radius 2 is 1.38 bits per heavy atom. The van der Waals surface area contributed by atoms with Crippen LogP contribution in [-0.4, -0.2) is 65.9 Å². The number of methoxy groups -OCH3 is 2. The Labute approximate surface area is 299 Å². The molecule has 1 aliphatic heterocycles. The predicted octanol–water partition coefficient (Wildman–Crippen LogP) is 4.28. The molecule has 4 atom stereocenters. The van der Waals surface area contributed by atoms with E-state index < -0.39 is 47.3 Å². The maximum atomic E-state index is 13.8. The van der Waals surface area contributed by atoms with Crippen molar-refractivity contribution < 1.29 is 33.6 Å². The van der Waals surface area contributed by atoms with E-state index >= 15 is 0 Å². The van der Waals surface area contributed by atoms with Crippen molar-refractivity contribution >= 4 is 5.91 Å². The number of nitriles is 1. The van der Waals surface area contributed by atoms with E-state index in [1.54, 1.807) is 32.4 Å². The first-order valence-corrected chi connectivity index (χ1v) is 16.6. The molecule has 52 heavy (non-hydrogen) atoms. The van der Waals surface area contributed by atoms with Crippen LogP contribution in [0.3, 0.4) is 0 Å². The number of carbonyl (C=O) groups excluding carboxylic acids is 1. The number of rotatable bonds is 13. The lowest BCUT2D eigenvalue weighted by Gasteiger charge is -2.37. The van der Waals surface area contributed by atoms with Gasteiger partial charge in [0.15, 0.2) is 6.23 Å². The molecule has 0 amide bonds. The minimum absolute atomic E-state index is 0.00402. The molecule has 1 aliphatic rings. The molecule has 6 rings (SSSR count). The van der Waals surface area contributed by atoms with Crippen LogP contribution in [-0.2, 0) is 19.8 Å². The first-order valence-electron chi connectivity index (χ1n) is 16.6. The largest absolute Gasteiger partial charge is 0.497 e. The molecule has 1 fully saturated rings. The Balaban J connectivity index is 1.41. The normalized spacial score (nSPS) is 18.4. The van der Waals surface area contributed by atoms with E-state index in [9.17, 15) is 24.8 Å². The molecule has 4 aromatic carbocycles. The molecule has 2 heterocycles. The fraction of sp³-hybridized carbons (Fsp3) is 0.250. The van der Waals surface area contributed by atoms with E-state index in [2.05, 4.69) is 0 Å². The maximum Gasteiger partial charge on any atom is 0.340 e. The summed E-state index contributed by atoms with van der Waals surface area (Å²) >= 11 is 0. The number of hydrogen-bond donors (Lipinski definition) is 1. The summed E-state index contributed by atoms with van der Waals surface area (Å²) in [6, 6.07) is 35.4. The van der Waals surface area contributed by atoms with Crippen LogP contribution >= 0.6 is 0 Å². The second kappa shape index (κ2) is 16.0. The van der Waals surface area contributed by atoms with Crippen molar-refractivity contribution in [3.8, 4) is 17.6 Å². The highest BCUT2D eigenvalue weighted by molar-refractivity contribution is 5.95. The van der Waals surface area contributed by atoms with Crippen molar-refractivity contribution in [2.75, 3.05) is 27.4 Å². The average molecular weight is 704 g/mol. The zero-order valence-electron chi connectivity index (χ0n) is 28.5. The van der Waals surface area contributed by atoms with Crippen LogP contribution < -0.4 is 20.7 Å². The standard InChI is InChI=1S/C40H37N3O9/c1-48-31-18-14-29(15-19-31)40(28-12-7-4-8-13-28,30-16-20-32(49-2)21-17-30)51-26-33-35(45)36(50-25-9-23-41)38(52-33)42-24-22-34(44)43(39(42)47)37(46)27-10-5-3-6-11-27/h3-8,10-22,24,33,35-36,38,45H,9,25-26H2,1-2H3/t33-,35?,36+,38-/m1/s1. The van der Waals surface area contributed by atoms with Gasteiger partial charge in [0.05, 0.1) is 39.9 Å². The average Bonchev–Trinajstić information content (AvgIpc) is 3.50. The van der Waals surface area contributed by atoms with Crippen LogP contribution in [0.2, 0.25) is 0 Å². The molecule has 0 radical (unpaired) electrons. The number of carbonyl (C=O) groups is 1. The molecule has 0 spiro atoms. The summed E-state index contributed by atoms with van der Waals surface area (Å²) in [5.41, 5.74) is -0.652. The van der Waals surface area contributed by atoms with Crippen molar-refractivity contribution in [2.45, 2.75) is 36.6 Å². The summed E-state index contributed by atoms with van der Waals surface area (Å²) in [4.78, 5) is 40.0. The van der Waals surface area contributed by atoms with Crippen molar-refractivity contribution in [3.05, 3.63) is 165 Å². The van der Waals surface area contributed by atoms with Gasteiger partial charge < -0.3 is 28.8 Å². The summed E-state index contributed by atoms with van der Waals surface area (Å²) in [5.74, 6) is 0.470. The number of nitrogens with zero attached hydrogens (tertiary/aromatic N) is 3. The molecule has 1 aromatic heterocycles. The topological polar surface area (TPSA) is 151 Å². The van der Waals surface area contributed by atoms with Crippen molar-refractivity contribution in [3.63, 3.8) is 0 Å². The fourth-order valence-corrected chi connectivity index (χ4v) is 6.36. The highest BCUT2D eigenvalue weighted by Crippen LogP contribution is 2.43. The van der Waals surface area contributed by atoms with Gasteiger partial charge in [-0.1, -0.05) is 72.8 Å². The molecular formula is C40H37N3O9. The van der Waals surface area contributed by atoms with Gasteiger partial charge in [-0.25, -0.2) is 4.79 Å². The summed E-state index contributed by atoms with van der Waals surface area (Å²) in [6.45, 7) is -0.283. The summed E-state index contributed by atoms with van der Waals surface area (Å²) < 4.78 is 31.7. The molecule has 0 bridgehead atoms. The third kappa shape index (κ3) is 7.03. The first kappa shape index (κ1) is 36.0. The number of benzene rings is 4. The van der Waals surface area contributed by atoms with Gasteiger partial charge in [-0.2, -0.15) is 9.83 Å². The zero-order valence-corrected chi connectivity index (χ0v) is 28.5. The minimum atomic E-state index is -1.36. The van der Waals surface area contributed by atoms with Crippen LogP contribution in [0.15, 0.2) is 131 Å². The Hall–Kier alpha value is -5.84. The van der Waals surface area contributed by atoms with Gasteiger partial charge >= 0.3 is 5.69 Å². The number of aliphatic hydroxyl groups is 1. The van der Waals surface area contributed by atoms with Gasteiger partial charge in [0, 0.05) is 17.8 Å². The van der Waals surface area contributed by atoms with E-state index in [0.717, 1.165) is 27.3 Å². The lowest BCUT2D eigenvalue weighted by molar-refractivity contribution is -0.0982. The Kier molecular flexibility index (Phi) is 11.1. The van der Waals surface area contributed by atoms with Crippen molar-refractivity contribution in [1.82, 2.24) is 9.13 Å². The van der Waals surface area contributed by atoms with E-state index in [-0.39, 0.29) is 25.2 Å². The molecule has 266 valence electrons. The molecule has 12 nitrogen and oxygen atoms in total. The summed E-state index contributed by atoms with van der Waals surface area (Å²) in [7, 11) is 3.16. The van der Waals surface area contributed by atoms with Gasteiger partial charge in [0.25, 0.3) is 11.5 Å². The molecule has 5 aromatic rings. The Bertz CT molecular complexity index is 2080. The monoisotopic (exact) mass is 703 g/mol. The van der Waals surface area contributed by atoms with Gasteiger partial charge in [0.1, 0.15) is 35.4 Å². The quantitative estimate of drug-likeness (QED) is 0.139. The molecular weight excluding hydrogens is 666 g/mol. The molecule has 0 saturated carbocycles. The third-order valence-electron chi connectivity index (χ3n) is 8.98. The van der Waals surface area contributed by atoms with E-state index in [1.165, 1.54) is 18.3 Å². The highest BCUT2D eigenvalue weighted by Gasteiger charge is 2.48. The Morgan fingerprint density at radius 3 is 1.94 bits per heavy atom. The van der Waals surface area contributed by atoms with Crippen LogP contribution in [0.25, 0.3) is 0 Å². The zero-order chi connectivity index (χ0) is 36.7. The third-order valence-corrected chi connectivity index (χ3v) is 8.98. The van der Waals surface area contributed by atoms with Gasteiger partial charge in [-0.05, 0) is 53.1 Å². The molecule has 0 aliphatic carbocycles. The van der Waals surface area contributed by atoms with Gasteiger partial charge in [0.2, 0.25) is 0 Å². The minimum Gasteiger partial charge on any atom is -0.497 e. The van der Waals surface area contributed by atoms with Crippen LogP contribution in [0.5, 0.6) is 11.5 Å². The number of aliphatic hydroxyl groups excluding tert-OH is 1. The maximum absolute atomic E-state index is 13.8. The summed E-state index contributed by atoms with van der Waals surface area (Å²) in [5, 5.41) is 20.9. The van der Waals surface area contributed by atoms with Crippen molar-refractivity contribution in [2.24, 2.45) is 0 Å². The fourth-order valence-electron chi connectivity index (χ4n) is 6.36. The van der Waals surface area contributed by atoms with Crippen LogP contribution in [0, 0.1) is 11.3 Å². The van der Waals surface area contributed by atoms with E-state index in [0.29, 0.717) is 16.1 Å². The molecule has 1 N–H and O–H groups in total. The smallest absolute Gasteiger partial charge is 0.340 e. The molecule has 1 saturated heterocycles. The highest BCUT2D eigenvalue weighted by atomic mass is 16.6. The molecule has 1 unspecified atom stereocenters. The van der Waals surface area contributed by atoms with Gasteiger partial charge in [-0.15, -0.1) is 0 Å². The lowest BCUT2D eigenvalue weighted by atomic mass is 9.80. The van der Waals surface area contributed by atoms with Crippen LogP contribution in [0.4, 0.5) is 0 Å². The van der Waals surface area contributed by atoms with E-state index in [1.807, 2.05) is 84.9 Å². The lowest BCUT2D eigenvalue weighted by Crippen LogP contribution is -2.46. The number of hydrogen-bond acceptors (Lipinski definition) is 10. The second-order valence-electron chi connectivity index (χ2n) is 12.0. The summed E-state index contributed by atoms with van der Waals surface area (Å²) in [6.07, 6.45) is -3.70. The van der Waals surface area contributed by atoms with Crippen molar-refractivity contribution in [1.29, 1.82) is 5.26 Å². The van der Waals surface area contributed by atoms with Crippen LogP contribution in [0.1, 0.15) is 39.7 Å². The number of aromatic nitrogens is 2. The van der Waals surface area contributed by atoms with Gasteiger partial charge in [-0.3, -0.25) is 14.2 Å². The second-order valence-corrected chi connectivity index (χ2v) is 12.0. The first-order chi connectivity index (χ1) is 25.3. The SMILES string of the molecule is COc1ccc(C(OC[C@H]2O[C@@H](n3ccc(=O)n(C(=O)c4ccccc4)c3=O)[C@@H](OCCC#N)C2O)(c2ccccc2)c2ccc(OC)cc2)cc1.